The lowest BCUT2D eigenvalue weighted by molar-refractivity contribution is 0.242. The summed E-state index contributed by atoms with van der Waals surface area (Å²) in [6.45, 7) is 6.63. The van der Waals surface area contributed by atoms with E-state index < -0.39 is 0 Å². The third-order valence-electron chi connectivity index (χ3n) is 3.05. The minimum Gasteiger partial charge on any atom is -0.491 e. The third kappa shape index (κ3) is 6.90. The molecule has 0 amide bonds. The van der Waals surface area contributed by atoms with E-state index in [4.69, 9.17) is 10.5 Å². The molecule has 0 fully saturated rings. The van der Waals surface area contributed by atoms with E-state index in [2.05, 4.69) is 41.5 Å². The van der Waals surface area contributed by atoms with Crippen molar-refractivity contribution in [3.63, 3.8) is 0 Å². The zero-order valence-corrected chi connectivity index (χ0v) is 16.1. The first-order valence-electron chi connectivity index (χ1n) is 7.42. The Bertz CT molecular complexity index is 622. The van der Waals surface area contributed by atoms with E-state index >= 15 is 0 Å². The first-order chi connectivity index (χ1) is 10.5. The lowest BCUT2D eigenvalue weighted by atomic mass is 10.1. The highest BCUT2D eigenvalue weighted by Gasteiger charge is 1.99. The maximum Gasteiger partial charge on any atom is 0.193 e. The van der Waals surface area contributed by atoms with Gasteiger partial charge in [-0.05, 0) is 50.6 Å². The molecule has 0 heterocycles. The largest absolute Gasteiger partial charge is 0.491 e. The standard InChI is InChI=1S/C18H23N3O.HI/c1-13(2)22-17-10-8-16(9-11-17)21-18(19)20-12-15-6-4-14(3)5-7-15;/h4-11,13H,12H2,1-3H3,(H3,19,20,21);1H. The molecule has 0 aliphatic rings. The predicted molar refractivity (Wildman–Crippen MR) is 108 cm³/mol. The van der Waals surface area contributed by atoms with E-state index in [1.165, 1.54) is 5.56 Å². The lowest BCUT2D eigenvalue weighted by Gasteiger charge is -2.11. The lowest BCUT2D eigenvalue weighted by Crippen LogP contribution is -2.22. The van der Waals surface area contributed by atoms with Crippen LogP contribution in [0.25, 0.3) is 0 Å². The van der Waals surface area contributed by atoms with E-state index in [0.717, 1.165) is 17.0 Å². The van der Waals surface area contributed by atoms with Crippen LogP contribution in [0.15, 0.2) is 53.5 Å². The van der Waals surface area contributed by atoms with Crippen molar-refractivity contribution in [3.05, 3.63) is 59.7 Å². The zero-order valence-electron chi connectivity index (χ0n) is 13.7. The van der Waals surface area contributed by atoms with Crippen LogP contribution in [-0.2, 0) is 6.54 Å². The Balaban J connectivity index is 0.00000264. The molecule has 0 spiro atoms. The van der Waals surface area contributed by atoms with Crippen molar-refractivity contribution in [1.29, 1.82) is 0 Å². The number of hydrogen-bond acceptors (Lipinski definition) is 2. The minimum atomic E-state index is 0. The summed E-state index contributed by atoms with van der Waals surface area (Å²) in [5.41, 5.74) is 9.17. The fourth-order valence-corrected chi connectivity index (χ4v) is 1.95. The molecule has 2 aromatic carbocycles. The summed E-state index contributed by atoms with van der Waals surface area (Å²) in [6.07, 6.45) is 0.167. The van der Waals surface area contributed by atoms with Gasteiger partial charge in [0.1, 0.15) is 5.75 Å². The Morgan fingerprint density at radius 1 is 1.09 bits per heavy atom. The van der Waals surface area contributed by atoms with E-state index in [1.807, 2.05) is 38.1 Å². The molecule has 0 unspecified atom stereocenters. The number of ether oxygens (including phenoxy) is 1. The number of halogens is 1. The van der Waals surface area contributed by atoms with Crippen LogP contribution in [0, 0.1) is 6.92 Å². The molecule has 124 valence electrons. The summed E-state index contributed by atoms with van der Waals surface area (Å²) >= 11 is 0. The summed E-state index contributed by atoms with van der Waals surface area (Å²) in [6, 6.07) is 15.9. The van der Waals surface area contributed by atoms with Gasteiger partial charge in [-0.15, -0.1) is 24.0 Å². The number of nitrogens with two attached hydrogens (primary N) is 1. The topological polar surface area (TPSA) is 59.6 Å². The zero-order chi connectivity index (χ0) is 15.9. The fourth-order valence-electron chi connectivity index (χ4n) is 1.95. The summed E-state index contributed by atoms with van der Waals surface area (Å²) in [5, 5.41) is 3.08. The van der Waals surface area contributed by atoms with Crippen LogP contribution in [0.4, 0.5) is 5.69 Å². The summed E-state index contributed by atoms with van der Waals surface area (Å²) < 4.78 is 5.60. The van der Waals surface area contributed by atoms with Crippen molar-refractivity contribution in [3.8, 4) is 5.75 Å². The Hall–Kier alpha value is -1.76. The van der Waals surface area contributed by atoms with E-state index in [9.17, 15) is 0 Å². The number of aliphatic imine (C=N–C) groups is 1. The molecule has 0 saturated carbocycles. The molecule has 5 heteroatoms. The van der Waals surface area contributed by atoms with E-state index in [1.54, 1.807) is 0 Å². The van der Waals surface area contributed by atoms with Crippen molar-refractivity contribution < 1.29 is 4.74 Å². The van der Waals surface area contributed by atoms with Crippen molar-refractivity contribution in [2.24, 2.45) is 10.7 Å². The molecule has 2 aromatic rings. The Morgan fingerprint density at radius 3 is 2.26 bits per heavy atom. The number of nitrogens with one attached hydrogen (secondary N) is 1. The summed E-state index contributed by atoms with van der Waals surface area (Å²) in [7, 11) is 0. The monoisotopic (exact) mass is 425 g/mol. The van der Waals surface area contributed by atoms with Crippen molar-refractivity contribution in [2.45, 2.75) is 33.4 Å². The molecule has 4 nitrogen and oxygen atoms in total. The normalized spacial score (nSPS) is 11.0. The van der Waals surface area contributed by atoms with Gasteiger partial charge >= 0.3 is 0 Å². The van der Waals surface area contributed by atoms with Gasteiger partial charge in [0.2, 0.25) is 0 Å². The molecular weight excluding hydrogens is 401 g/mol. The molecule has 0 saturated heterocycles. The molecule has 0 aliphatic heterocycles. The van der Waals surface area contributed by atoms with Gasteiger partial charge in [0.25, 0.3) is 0 Å². The number of rotatable bonds is 5. The van der Waals surface area contributed by atoms with Gasteiger partial charge in [0.05, 0.1) is 12.6 Å². The van der Waals surface area contributed by atoms with Gasteiger partial charge in [-0.1, -0.05) is 29.8 Å². The number of anilines is 1. The fraction of sp³-hybridized carbons (Fsp3) is 0.278. The first-order valence-corrected chi connectivity index (χ1v) is 7.42. The Kier molecular flexibility index (Phi) is 7.88. The predicted octanol–water partition coefficient (Wildman–Crippen LogP) is 4.33. The van der Waals surface area contributed by atoms with Gasteiger partial charge in [-0.2, -0.15) is 0 Å². The third-order valence-corrected chi connectivity index (χ3v) is 3.05. The van der Waals surface area contributed by atoms with Gasteiger partial charge in [-0.25, -0.2) is 4.99 Å². The molecule has 0 atom stereocenters. The number of guanidine groups is 1. The van der Waals surface area contributed by atoms with Crippen LogP contribution in [0.2, 0.25) is 0 Å². The average molecular weight is 425 g/mol. The number of aryl methyl sites for hydroxylation is 1. The maximum absolute atomic E-state index is 5.91. The summed E-state index contributed by atoms with van der Waals surface area (Å²) in [5.74, 6) is 1.24. The SMILES string of the molecule is Cc1ccc(CN=C(N)Nc2ccc(OC(C)C)cc2)cc1.I. The number of benzene rings is 2. The molecule has 0 aliphatic carbocycles. The second kappa shape index (κ2) is 9.39. The van der Waals surface area contributed by atoms with E-state index in [-0.39, 0.29) is 30.1 Å². The molecule has 3 N–H and O–H groups in total. The van der Waals surface area contributed by atoms with E-state index in [0.29, 0.717) is 12.5 Å². The smallest absolute Gasteiger partial charge is 0.193 e. The quantitative estimate of drug-likeness (QED) is 0.426. The second-order valence-electron chi connectivity index (χ2n) is 5.50. The van der Waals surface area contributed by atoms with Crippen molar-refractivity contribution in [2.75, 3.05) is 5.32 Å². The molecular formula is C18H24IN3O. The van der Waals surface area contributed by atoms with Gasteiger partial charge in [-0.3, -0.25) is 0 Å². The highest BCUT2D eigenvalue weighted by molar-refractivity contribution is 14.0. The van der Waals surface area contributed by atoms with Crippen LogP contribution >= 0.6 is 24.0 Å². The van der Waals surface area contributed by atoms with Crippen LogP contribution in [0.1, 0.15) is 25.0 Å². The molecule has 23 heavy (non-hydrogen) atoms. The van der Waals surface area contributed by atoms with Crippen LogP contribution in [0.3, 0.4) is 0 Å². The minimum absolute atomic E-state index is 0. The van der Waals surface area contributed by atoms with Gasteiger partial charge in [0.15, 0.2) is 5.96 Å². The van der Waals surface area contributed by atoms with Crippen molar-refractivity contribution in [1.82, 2.24) is 0 Å². The van der Waals surface area contributed by atoms with Gasteiger partial charge in [0, 0.05) is 5.69 Å². The highest BCUT2D eigenvalue weighted by Crippen LogP contribution is 2.16. The molecule has 2 rings (SSSR count). The average Bonchev–Trinajstić information content (AvgIpc) is 2.48. The second-order valence-corrected chi connectivity index (χ2v) is 5.50. The molecule has 0 bridgehead atoms. The van der Waals surface area contributed by atoms with Crippen LogP contribution in [-0.4, -0.2) is 12.1 Å². The van der Waals surface area contributed by atoms with Crippen molar-refractivity contribution >= 4 is 35.6 Å². The first kappa shape index (κ1) is 19.3. The number of hydrogen-bond donors (Lipinski definition) is 2. The maximum atomic E-state index is 5.91. The highest BCUT2D eigenvalue weighted by atomic mass is 127. The van der Waals surface area contributed by atoms with Gasteiger partial charge < -0.3 is 15.8 Å². The number of nitrogens with zero attached hydrogens (tertiary/aromatic N) is 1. The van der Waals surface area contributed by atoms with Crippen LogP contribution < -0.4 is 15.8 Å². The summed E-state index contributed by atoms with van der Waals surface area (Å²) in [4.78, 5) is 4.34. The molecule has 0 radical (unpaired) electrons. The Morgan fingerprint density at radius 2 is 1.70 bits per heavy atom. The van der Waals surface area contributed by atoms with Crippen LogP contribution in [0.5, 0.6) is 5.75 Å². The Labute approximate surface area is 155 Å². The molecule has 0 aromatic heterocycles.